The Bertz CT molecular complexity index is 555. The van der Waals surface area contributed by atoms with Gasteiger partial charge in [0.1, 0.15) is 0 Å². The highest BCUT2D eigenvalue weighted by molar-refractivity contribution is 5.91. The second-order valence-electron chi connectivity index (χ2n) is 3.50. The monoisotopic (exact) mass is 229 g/mol. The van der Waals surface area contributed by atoms with E-state index in [0.29, 0.717) is 0 Å². The number of rotatable bonds is 3. The third-order valence-corrected chi connectivity index (χ3v) is 2.30. The van der Waals surface area contributed by atoms with Crippen LogP contribution in [0.3, 0.4) is 0 Å². The molecule has 0 radical (unpaired) electrons. The van der Waals surface area contributed by atoms with Crippen molar-refractivity contribution in [2.45, 2.75) is 6.92 Å². The van der Waals surface area contributed by atoms with E-state index in [4.69, 9.17) is 5.11 Å². The molecule has 0 aliphatic carbocycles. The van der Waals surface area contributed by atoms with Crippen molar-refractivity contribution in [1.82, 2.24) is 9.97 Å². The van der Waals surface area contributed by atoms with Crippen LogP contribution in [0.5, 0.6) is 0 Å². The van der Waals surface area contributed by atoms with Gasteiger partial charge in [-0.15, -0.1) is 0 Å². The summed E-state index contributed by atoms with van der Waals surface area (Å²) in [6.45, 7) is 1.93. The van der Waals surface area contributed by atoms with Gasteiger partial charge in [0.05, 0.1) is 0 Å². The summed E-state index contributed by atoms with van der Waals surface area (Å²) in [4.78, 5) is 18.7. The summed E-state index contributed by atoms with van der Waals surface area (Å²) in [5.41, 5.74) is 1.74. The Morgan fingerprint density at radius 1 is 1.24 bits per heavy atom. The minimum absolute atomic E-state index is 0.0873. The van der Waals surface area contributed by atoms with E-state index in [9.17, 15) is 4.79 Å². The number of benzene rings is 1. The van der Waals surface area contributed by atoms with E-state index in [0.717, 1.165) is 11.3 Å². The summed E-state index contributed by atoms with van der Waals surface area (Å²) in [5.74, 6) is -0.858. The zero-order chi connectivity index (χ0) is 12.3. The molecule has 17 heavy (non-hydrogen) atoms. The highest BCUT2D eigenvalue weighted by Crippen LogP contribution is 2.19. The standard InChI is InChI=1S/C12H11N3O2/c1-8-4-2-3-5-9(8)15-11-10(12(16)17)13-6-7-14-11/h2-7H,1H3,(H,14,15)(H,16,17). The molecule has 0 spiro atoms. The largest absolute Gasteiger partial charge is 0.476 e. The second kappa shape index (κ2) is 4.61. The Labute approximate surface area is 98.2 Å². The molecule has 2 N–H and O–H groups in total. The number of nitrogens with zero attached hydrogens (tertiary/aromatic N) is 2. The average molecular weight is 229 g/mol. The Hall–Kier alpha value is -2.43. The molecule has 86 valence electrons. The molecule has 0 amide bonds. The number of para-hydroxylation sites is 1. The zero-order valence-corrected chi connectivity index (χ0v) is 9.21. The maximum absolute atomic E-state index is 11.0. The summed E-state index contributed by atoms with van der Waals surface area (Å²) >= 11 is 0. The predicted molar refractivity (Wildman–Crippen MR) is 63.5 cm³/mol. The van der Waals surface area contributed by atoms with E-state index < -0.39 is 5.97 Å². The first-order chi connectivity index (χ1) is 8.18. The average Bonchev–Trinajstić information content (AvgIpc) is 2.32. The third-order valence-electron chi connectivity index (χ3n) is 2.30. The molecule has 0 saturated heterocycles. The fourth-order valence-electron chi connectivity index (χ4n) is 1.43. The molecule has 0 saturated carbocycles. The Kier molecular flexibility index (Phi) is 3.00. The van der Waals surface area contributed by atoms with E-state index in [1.807, 2.05) is 31.2 Å². The van der Waals surface area contributed by atoms with E-state index >= 15 is 0 Å². The van der Waals surface area contributed by atoms with Gasteiger partial charge in [-0.2, -0.15) is 0 Å². The lowest BCUT2D eigenvalue weighted by Crippen LogP contribution is -2.07. The van der Waals surface area contributed by atoms with Gasteiger partial charge < -0.3 is 10.4 Å². The summed E-state index contributed by atoms with van der Waals surface area (Å²) in [7, 11) is 0. The fraction of sp³-hybridized carbons (Fsp3) is 0.0833. The third kappa shape index (κ3) is 2.39. The Morgan fingerprint density at radius 2 is 1.94 bits per heavy atom. The molecule has 2 rings (SSSR count). The predicted octanol–water partition coefficient (Wildman–Crippen LogP) is 2.23. The smallest absolute Gasteiger partial charge is 0.358 e. The topological polar surface area (TPSA) is 75.1 Å². The number of hydrogen-bond donors (Lipinski definition) is 2. The van der Waals surface area contributed by atoms with E-state index in [1.165, 1.54) is 12.4 Å². The van der Waals surface area contributed by atoms with Crippen molar-refractivity contribution in [2.75, 3.05) is 5.32 Å². The number of carboxylic acids is 1. The fourth-order valence-corrected chi connectivity index (χ4v) is 1.43. The van der Waals surface area contributed by atoms with Gasteiger partial charge in [0.25, 0.3) is 0 Å². The van der Waals surface area contributed by atoms with Crippen LogP contribution < -0.4 is 5.32 Å². The highest BCUT2D eigenvalue weighted by atomic mass is 16.4. The van der Waals surface area contributed by atoms with E-state index in [-0.39, 0.29) is 11.5 Å². The van der Waals surface area contributed by atoms with E-state index in [2.05, 4.69) is 15.3 Å². The molecule has 0 unspecified atom stereocenters. The molecular weight excluding hydrogens is 218 g/mol. The number of aryl methyl sites for hydroxylation is 1. The van der Waals surface area contributed by atoms with Crippen LogP contribution >= 0.6 is 0 Å². The van der Waals surface area contributed by atoms with Crippen molar-refractivity contribution in [1.29, 1.82) is 0 Å². The van der Waals surface area contributed by atoms with Crippen molar-refractivity contribution in [3.8, 4) is 0 Å². The van der Waals surface area contributed by atoms with Gasteiger partial charge in [-0.1, -0.05) is 18.2 Å². The van der Waals surface area contributed by atoms with Crippen LogP contribution in [-0.2, 0) is 0 Å². The molecule has 1 aromatic heterocycles. The number of aromatic nitrogens is 2. The summed E-state index contributed by atoms with van der Waals surface area (Å²) in [5, 5.41) is 11.9. The van der Waals surface area contributed by atoms with Crippen molar-refractivity contribution in [2.24, 2.45) is 0 Å². The first kappa shape index (κ1) is 11.1. The maximum Gasteiger partial charge on any atom is 0.358 e. The van der Waals surface area contributed by atoms with Crippen LogP contribution in [0.25, 0.3) is 0 Å². The van der Waals surface area contributed by atoms with Gasteiger partial charge in [0, 0.05) is 18.1 Å². The van der Waals surface area contributed by atoms with Crippen molar-refractivity contribution in [3.63, 3.8) is 0 Å². The van der Waals surface area contributed by atoms with Crippen LogP contribution in [0.1, 0.15) is 16.1 Å². The lowest BCUT2D eigenvalue weighted by atomic mass is 10.2. The number of hydrogen-bond acceptors (Lipinski definition) is 4. The van der Waals surface area contributed by atoms with Crippen LogP contribution in [-0.4, -0.2) is 21.0 Å². The van der Waals surface area contributed by atoms with Gasteiger partial charge in [0.15, 0.2) is 11.5 Å². The lowest BCUT2D eigenvalue weighted by Gasteiger charge is -2.09. The normalized spacial score (nSPS) is 9.94. The van der Waals surface area contributed by atoms with Gasteiger partial charge in [-0.3, -0.25) is 0 Å². The van der Waals surface area contributed by atoms with E-state index in [1.54, 1.807) is 0 Å². The highest BCUT2D eigenvalue weighted by Gasteiger charge is 2.12. The molecule has 2 aromatic rings. The molecular formula is C12H11N3O2. The zero-order valence-electron chi connectivity index (χ0n) is 9.21. The lowest BCUT2D eigenvalue weighted by molar-refractivity contribution is 0.0691. The van der Waals surface area contributed by atoms with Crippen LogP contribution in [0.4, 0.5) is 11.5 Å². The summed E-state index contributed by atoms with van der Waals surface area (Å²) < 4.78 is 0. The minimum atomic E-state index is -1.10. The maximum atomic E-state index is 11.0. The quantitative estimate of drug-likeness (QED) is 0.844. The molecule has 0 aliphatic heterocycles. The first-order valence-corrected chi connectivity index (χ1v) is 5.05. The molecule has 0 fully saturated rings. The minimum Gasteiger partial charge on any atom is -0.476 e. The van der Waals surface area contributed by atoms with Gasteiger partial charge in [-0.25, -0.2) is 14.8 Å². The molecule has 5 heteroatoms. The molecule has 0 atom stereocenters. The Morgan fingerprint density at radius 3 is 2.65 bits per heavy atom. The van der Waals surface area contributed by atoms with Crippen LogP contribution in [0.15, 0.2) is 36.7 Å². The molecule has 1 heterocycles. The van der Waals surface area contributed by atoms with Crippen LogP contribution in [0.2, 0.25) is 0 Å². The van der Waals surface area contributed by atoms with Gasteiger partial charge in [-0.05, 0) is 18.6 Å². The summed E-state index contributed by atoms with van der Waals surface area (Å²) in [6.07, 6.45) is 2.81. The SMILES string of the molecule is Cc1ccccc1Nc1nccnc1C(=O)O. The number of nitrogens with one attached hydrogen (secondary N) is 1. The molecule has 0 bridgehead atoms. The molecule has 1 aromatic carbocycles. The summed E-state index contributed by atoms with van der Waals surface area (Å²) in [6, 6.07) is 7.57. The Balaban J connectivity index is 2.37. The van der Waals surface area contributed by atoms with Gasteiger partial charge in [0.2, 0.25) is 0 Å². The van der Waals surface area contributed by atoms with Crippen LogP contribution in [0, 0.1) is 6.92 Å². The first-order valence-electron chi connectivity index (χ1n) is 5.05. The second-order valence-corrected chi connectivity index (χ2v) is 3.50. The van der Waals surface area contributed by atoms with Crippen molar-refractivity contribution < 1.29 is 9.90 Å². The molecule has 0 aliphatic rings. The van der Waals surface area contributed by atoms with Gasteiger partial charge >= 0.3 is 5.97 Å². The number of anilines is 2. The number of aromatic carboxylic acids is 1. The molecule has 5 nitrogen and oxygen atoms in total. The number of carboxylic acid groups (broad SMARTS) is 1. The number of carbonyl (C=O) groups is 1. The van der Waals surface area contributed by atoms with Crippen molar-refractivity contribution >= 4 is 17.5 Å². The van der Waals surface area contributed by atoms with Crippen molar-refractivity contribution in [3.05, 3.63) is 47.9 Å².